The summed E-state index contributed by atoms with van der Waals surface area (Å²) in [5.41, 5.74) is 2.72. The molecule has 0 unspecified atom stereocenters. The van der Waals surface area contributed by atoms with Crippen molar-refractivity contribution in [1.82, 2.24) is 24.6 Å². The molecule has 0 spiro atoms. The van der Waals surface area contributed by atoms with Crippen LogP contribution in [0.5, 0.6) is 0 Å². The van der Waals surface area contributed by atoms with E-state index in [1.807, 2.05) is 46.8 Å². The third kappa shape index (κ3) is 4.08. The SMILES string of the molecule is CCCCc1nc(N2CCN(C(=O)c3ccco3)CC2)c2c(C)nn(-c3ccccc3)c2n1. The second-order valence-corrected chi connectivity index (χ2v) is 8.35. The molecule has 4 aromatic rings. The Morgan fingerprint density at radius 3 is 2.52 bits per heavy atom. The molecule has 0 N–H and O–H groups in total. The lowest BCUT2D eigenvalue weighted by atomic mass is 10.2. The minimum Gasteiger partial charge on any atom is -0.459 e. The van der Waals surface area contributed by atoms with Crippen molar-refractivity contribution in [1.29, 1.82) is 0 Å². The fourth-order valence-corrected chi connectivity index (χ4v) is 4.31. The Hall–Kier alpha value is -3.68. The van der Waals surface area contributed by atoms with Gasteiger partial charge in [0.1, 0.15) is 11.6 Å². The highest BCUT2D eigenvalue weighted by molar-refractivity contribution is 5.92. The smallest absolute Gasteiger partial charge is 0.289 e. The van der Waals surface area contributed by atoms with E-state index in [0.29, 0.717) is 31.9 Å². The lowest BCUT2D eigenvalue weighted by Crippen LogP contribution is -2.49. The van der Waals surface area contributed by atoms with Crippen LogP contribution in [0.3, 0.4) is 0 Å². The Balaban J connectivity index is 1.49. The molecule has 1 amide bonds. The van der Waals surface area contributed by atoms with Crippen molar-refractivity contribution in [3.8, 4) is 5.69 Å². The Morgan fingerprint density at radius 1 is 1.03 bits per heavy atom. The van der Waals surface area contributed by atoms with Gasteiger partial charge in [0, 0.05) is 32.6 Å². The first kappa shape index (κ1) is 21.2. The molecule has 0 saturated carbocycles. The number of piperazine rings is 1. The molecule has 0 atom stereocenters. The molecule has 1 aliphatic rings. The van der Waals surface area contributed by atoms with Crippen LogP contribution in [0.1, 0.15) is 41.8 Å². The van der Waals surface area contributed by atoms with E-state index < -0.39 is 0 Å². The van der Waals surface area contributed by atoms with Gasteiger partial charge in [-0.2, -0.15) is 5.10 Å². The zero-order valence-electron chi connectivity index (χ0n) is 19.1. The number of hydrogen-bond acceptors (Lipinski definition) is 6. The van der Waals surface area contributed by atoms with Crippen molar-refractivity contribution in [3.05, 3.63) is 66.0 Å². The highest BCUT2D eigenvalue weighted by Gasteiger charge is 2.27. The second kappa shape index (κ2) is 9.05. The number of hydrogen-bond donors (Lipinski definition) is 0. The average Bonchev–Trinajstić information content (AvgIpc) is 3.51. The first-order valence-corrected chi connectivity index (χ1v) is 11.5. The standard InChI is InChI=1S/C25H28N6O2/c1-3-4-12-21-26-23(29-13-15-30(16-14-29)25(32)20-11-8-17-33-20)22-18(2)28-31(24(22)27-21)19-9-6-5-7-10-19/h5-11,17H,3-4,12-16H2,1-2H3. The second-order valence-electron chi connectivity index (χ2n) is 8.35. The zero-order valence-corrected chi connectivity index (χ0v) is 19.1. The predicted octanol–water partition coefficient (Wildman–Crippen LogP) is 4.02. The topological polar surface area (TPSA) is 80.3 Å². The highest BCUT2D eigenvalue weighted by Crippen LogP contribution is 2.30. The number of anilines is 1. The normalized spacial score (nSPS) is 14.2. The van der Waals surface area contributed by atoms with Gasteiger partial charge in [0.15, 0.2) is 11.4 Å². The lowest BCUT2D eigenvalue weighted by Gasteiger charge is -2.35. The van der Waals surface area contributed by atoms with Gasteiger partial charge in [0.25, 0.3) is 5.91 Å². The van der Waals surface area contributed by atoms with Crippen LogP contribution < -0.4 is 4.90 Å². The molecule has 8 nitrogen and oxygen atoms in total. The molecule has 1 aromatic carbocycles. The average molecular weight is 445 g/mol. The van der Waals surface area contributed by atoms with E-state index in [-0.39, 0.29) is 5.91 Å². The number of rotatable bonds is 6. The maximum atomic E-state index is 12.7. The number of amides is 1. The maximum Gasteiger partial charge on any atom is 0.289 e. The Kier molecular flexibility index (Phi) is 5.81. The zero-order chi connectivity index (χ0) is 22.8. The van der Waals surface area contributed by atoms with E-state index in [1.165, 1.54) is 6.26 Å². The highest BCUT2D eigenvalue weighted by atomic mass is 16.3. The van der Waals surface area contributed by atoms with E-state index in [9.17, 15) is 4.79 Å². The number of carbonyl (C=O) groups is 1. The van der Waals surface area contributed by atoms with E-state index >= 15 is 0 Å². The summed E-state index contributed by atoms with van der Waals surface area (Å²) in [4.78, 5) is 26.7. The molecule has 0 bridgehead atoms. The molecule has 1 fully saturated rings. The van der Waals surface area contributed by atoms with Crippen molar-refractivity contribution < 1.29 is 9.21 Å². The quantitative estimate of drug-likeness (QED) is 0.447. The number of unbranched alkanes of at least 4 members (excludes halogenated alkanes) is 1. The van der Waals surface area contributed by atoms with Gasteiger partial charge >= 0.3 is 0 Å². The molecule has 8 heteroatoms. The Bertz CT molecular complexity index is 1240. The van der Waals surface area contributed by atoms with Crippen LogP contribution in [0.25, 0.3) is 16.7 Å². The van der Waals surface area contributed by atoms with Crippen molar-refractivity contribution in [2.45, 2.75) is 33.1 Å². The summed E-state index contributed by atoms with van der Waals surface area (Å²) in [6.45, 7) is 6.80. The maximum absolute atomic E-state index is 12.7. The molecule has 4 heterocycles. The van der Waals surface area contributed by atoms with Gasteiger partial charge in [-0.25, -0.2) is 14.6 Å². The molecule has 33 heavy (non-hydrogen) atoms. The van der Waals surface area contributed by atoms with Gasteiger partial charge in [-0.15, -0.1) is 0 Å². The molecule has 3 aromatic heterocycles. The monoisotopic (exact) mass is 444 g/mol. The van der Waals surface area contributed by atoms with Crippen molar-refractivity contribution in [2.75, 3.05) is 31.1 Å². The van der Waals surface area contributed by atoms with Crippen molar-refractivity contribution in [2.24, 2.45) is 0 Å². The number of furan rings is 1. The summed E-state index contributed by atoms with van der Waals surface area (Å²) in [7, 11) is 0. The number of aromatic nitrogens is 4. The molecule has 1 saturated heterocycles. The van der Waals surface area contributed by atoms with Crippen LogP contribution in [-0.4, -0.2) is 56.7 Å². The Labute approximate surface area is 192 Å². The first-order chi connectivity index (χ1) is 16.2. The third-order valence-corrected chi connectivity index (χ3v) is 6.08. The van der Waals surface area contributed by atoms with E-state index in [2.05, 4.69) is 11.8 Å². The Morgan fingerprint density at radius 2 is 1.82 bits per heavy atom. The van der Waals surface area contributed by atoms with Gasteiger partial charge < -0.3 is 14.2 Å². The number of fused-ring (bicyclic) bond motifs is 1. The molecular formula is C25H28N6O2. The van der Waals surface area contributed by atoms with Crippen LogP contribution >= 0.6 is 0 Å². The largest absolute Gasteiger partial charge is 0.459 e. The molecule has 5 rings (SSSR count). The molecule has 0 aliphatic carbocycles. The van der Waals surface area contributed by atoms with Crippen molar-refractivity contribution in [3.63, 3.8) is 0 Å². The molecular weight excluding hydrogens is 416 g/mol. The third-order valence-electron chi connectivity index (χ3n) is 6.08. The van der Waals surface area contributed by atoms with E-state index in [4.69, 9.17) is 19.5 Å². The number of benzene rings is 1. The molecule has 170 valence electrons. The summed E-state index contributed by atoms with van der Waals surface area (Å²) in [6.07, 6.45) is 4.48. The lowest BCUT2D eigenvalue weighted by molar-refractivity contribution is 0.0714. The number of nitrogens with zero attached hydrogens (tertiary/aromatic N) is 6. The fourth-order valence-electron chi connectivity index (χ4n) is 4.31. The minimum absolute atomic E-state index is 0.0656. The first-order valence-electron chi connectivity index (χ1n) is 11.5. The minimum atomic E-state index is -0.0656. The summed E-state index contributed by atoms with van der Waals surface area (Å²) in [5.74, 6) is 2.07. The number of aryl methyl sites for hydroxylation is 2. The summed E-state index contributed by atoms with van der Waals surface area (Å²) >= 11 is 0. The van der Waals surface area contributed by atoms with E-state index in [1.54, 1.807) is 12.1 Å². The van der Waals surface area contributed by atoms with Crippen LogP contribution in [0.4, 0.5) is 5.82 Å². The van der Waals surface area contributed by atoms with Gasteiger partial charge in [0.2, 0.25) is 0 Å². The predicted molar refractivity (Wildman–Crippen MR) is 127 cm³/mol. The molecule has 0 radical (unpaired) electrons. The summed E-state index contributed by atoms with van der Waals surface area (Å²) in [5, 5.41) is 5.80. The van der Waals surface area contributed by atoms with Crippen molar-refractivity contribution >= 4 is 22.8 Å². The van der Waals surface area contributed by atoms with Gasteiger partial charge in [0.05, 0.1) is 23.0 Å². The van der Waals surface area contributed by atoms with Gasteiger partial charge in [-0.3, -0.25) is 4.79 Å². The van der Waals surface area contributed by atoms with Gasteiger partial charge in [-0.1, -0.05) is 31.5 Å². The van der Waals surface area contributed by atoms with Crippen LogP contribution in [0.15, 0.2) is 53.1 Å². The number of carbonyl (C=O) groups excluding carboxylic acids is 1. The summed E-state index contributed by atoms with van der Waals surface area (Å²) in [6, 6.07) is 13.5. The fraction of sp³-hybridized carbons (Fsp3) is 0.360. The van der Waals surface area contributed by atoms with Crippen LogP contribution in [0.2, 0.25) is 0 Å². The van der Waals surface area contributed by atoms with Crippen LogP contribution in [0, 0.1) is 6.92 Å². The van der Waals surface area contributed by atoms with E-state index in [0.717, 1.165) is 53.3 Å². The van der Waals surface area contributed by atoms with Crippen LogP contribution in [-0.2, 0) is 6.42 Å². The summed E-state index contributed by atoms with van der Waals surface area (Å²) < 4.78 is 7.21. The number of para-hydroxylation sites is 1. The van der Waals surface area contributed by atoms with Gasteiger partial charge in [-0.05, 0) is 37.6 Å². The molecule has 1 aliphatic heterocycles.